The summed E-state index contributed by atoms with van der Waals surface area (Å²) >= 11 is 5.72. The van der Waals surface area contributed by atoms with E-state index in [2.05, 4.69) is 10.3 Å². The van der Waals surface area contributed by atoms with Gasteiger partial charge in [-0.25, -0.2) is 0 Å². The number of aromatic nitrogens is 1. The van der Waals surface area contributed by atoms with Gasteiger partial charge in [-0.15, -0.1) is 0 Å². The second-order valence-electron chi connectivity index (χ2n) is 4.70. The summed E-state index contributed by atoms with van der Waals surface area (Å²) in [5.41, 5.74) is -0.306. The van der Waals surface area contributed by atoms with E-state index in [0.717, 1.165) is 25.7 Å². The lowest BCUT2D eigenvalue weighted by molar-refractivity contribution is 0.00522. The van der Waals surface area contributed by atoms with E-state index in [-0.39, 0.29) is 5.91 Å². The van der Waals surface area contributed by atoms with Gasteiger partial charge in [0.15, 0.2) is 0 Å². The van der Waals surface area contributed by atoms with Gasteiger partial charge < -0.3 is 15.4 Å². The molecule has 0 atom stereocenters. The molecule has 1 aromatic heterocycles. The van der Waals surface area contributed by atoms with E-state index in [1.807, 2.05) is 0 Å². The molecule has 1 amide bonds. The van der Waals surface area contributed by atoms with E-state index in [0.29, 0.717) is 17.3 Å². The maximum absolute atomic E-state index is 11.7. The maximum atomic E-state index is 11.7. The molecule has 2 rings (SSSR count). The van der Waals surface area contributed by atoms with Crippen molar-refractivity contribution < 1.29 is 9.90 Å². The van der Waals surface area contributed by atoms with Gasteiger partial charge in [-0.05, 0) is 18.9 Å². The Morgan fingerprint density at radius 2 is 2.18 bits per heavy atom. The first-order valence-electron chi connectivity index (χ1n) is 5.94. The fourth-order valence-electron chi connectivity index (χ4n) is 2.23. The van der Waals surface area contributed by atoms with Crippen LogP contribution in [0.25, 0.3) is 0 Å². The van der Waals surface area contributed by atoms with Crippen LogP contribution in [0.5, 0.6) is 0 Å². The monoisotopic (exact) mass is 256 g/mol. The van der Waals surface area contributed by atoms with Crippen molar-refractivity contribution >= 4 is 17.5 Å². The highest BCUT2D eigenvalue weighted by molar-refractivity contribution is 6.30. The number of nitrogens with one attached hydrogen (secondary N) is 2. The number of aromatic amines is 1. The van der Waals surface area contributed by atoms with E-state index in [4.69, 9.17) is 11.6 Å². The lowest BCUT2D eigenvalue weighted by atomic mass is 9.85. The van der Waals surface area contributed by atoms with Crippen molar-refractivity contribution in [3.63, 3.8) is 0 Å². The number of carbonyl (C=O) groups is 1. The molecule has 1 fully saturated rings. The third kappa shape index (κ3) is 3.23. The molecule has 4 nitrogen and oxygen atoms in total. The molecule has 0 radical (unpaired) electrons. The topological polar surface area (TPSA) is 65.1 Å². The number of halogens is 1. The van der Waals surface area contributed by atoms with Crippen LogP contribution in [0.1, 0.15) is 42.6 Å². The minimum absolute atomic E-state index is 0.226. The van der Waals surface area contributed by atoms with E-state index in [1.165, 1.54) is 6.42 Å². The average Bonchev–Trinajstić information content (AvgIpc) is 2.74. The number of rotatable bonds is 3. The molecule has 5 heteroatoms. The number of hydrogen-bond acceptors (Lipinski definition) is 2. The quantitative estimate of drug-likeness (QED) is 0.775. The Morgan fingerprint density at radius 3 is 2.76 bits per heavy atom. The fourth-order valence-corrected chi connectivity index (χ4v) is 2.39. The summed E-state index contributed by atoms with van der Waals surface area (Å²) < 4.78 is 0. The zero-order valence-electron chi connectivity index (χ0n) is 9.63. The van der Waals surface area contributed by atoms with E-state index in [1.54, 1.807) is 12.3 Å². The third-order valence-corrected chi connectivity index (χ3v) is 3.47. The average molecular weight is 257 g/mol. The van der Waals surface area contributed by atoms with E-state index < -0.39 is 5.60 Å². The van der Waals surface area contributed by atoms with Crippen molar-refractivity contribution in [2.24, 2.45) is 0 Å². The molecule has 0 aromatic carbocycles. The van der Waals surface area contributed by atoms with Gasteiger partial charge in [-0.1, -0.05) is 30.9 Å². The third-order valence-electron chi connectivity index (χ3n) is 3.25. The summed E-state index contributed by atoms with van der Waals surface area (Å²) in [6.45, 7) is 0.308. The molecule has 0 aliphatic heterocycles. The number of H-pyrrole nitrogens is 1. The van der Waals surface area contributed by atoms with Crippen LogP contribution in [0, 0.1) is 0 Å². The normalized spacial score (nSPS) is 18.9. The molecule has 1 heterocycles. The van der Waals surface area contributed by atoms with Gasteiger partial charge in [0, 0.05) is 12.7 Å². The summed E-state index contributed by atoms with van der Waals surface area (Å²) in [6.07, 6.45) is 6.31. The van der Waals surface area contributed by atoms with Crippen molar-refractivity contribution in [2.45, 2.75) is 37.7 Å². The standard InChI is InChI=1S/C12H17ClN2O2/c13-9-6-10(14-7-9)11(16)15-8-12(17)4-2-1-3-5-12/h6-7,14,17H,1-5,8H2,(H,15,16). The van der Waals surface area contributed by atoms with Gasteiger partial charge in [-0.3, -0.25) is 4.79 Å². The maximum Gasteiger partial charge on any atom is 0.267 e. The number of carbonyl (C=O) groups excluding carboxylic acids is 1. The van der Waals surface area contributed by atoms with Crippen molar-refractivity contribution in [1.29, 1.82) is 0 Å². The van der Waals surface area contributed by atoms with E-state index in [9.17, 15) is 9.90 Å². The highest BCUT2D eigenvalue weighted by Crippen LogP contribution is 2.27. The molecule has 1 aliphatic rings. The SMILES string of the molecule is O=C(NCC1(O)CCCCC1)c1cc(Cl)c[nH]1. The van der Waals surface area contributed by atoms with Crippen LogP contribution < -0.4 is 5.32 Å². The minimum Gasteiger partial charge on any atom is -0.388 e. The Bertz CT molecular complexity index is 397. The molecule has 0 bridgehead atoms. The Labute approximate surface area is 105 Å². The molecule has 0 saturated heterocycles. The highest BCUT2D eigenvalue weighted by Gasteiger charge is 2.29. The molecule has 0 spiro atoms. The smallest absolute Gasteiger partial charge is 0.267 e. The summed E-state index contributed by atoms with van der Waals surface area (Å²) in [7, 11) is 0. The second-order valence-corrected chi connectivity index (χ2v) is 5.14. The Balaban J connectivity index is 1.87. The molecule has 1 aromatic rings. The Hall–Kier alpha value is -1.00. The second kappa shape index (κ2) is 5.10. The number of amides is 1. The largest absolute Gasteiger partial charge is 0.388 e. The van der Waals surface area contributed by atoms with Gasteiger partial charge in [0.1, 0.15) is 5.69 Å². The van der Waals surface area contributed by atoms with Crippen molar-refractivity contribution in [3.05, 3.63) is 23.0 Å². The summed E-state index contributed by atoms with van der Waals surface area (Å²) in [4.78, 5) is 14.5. The first kappa shape index (κ1) is 12.5. The molecule has 17 heavy (non-hydrogen) atoms. The van der Waals surface area contributed by atoms with Crippen LogP contribution in [0.2, 0.25) is 5.02 Å². The minimum atomic E-state index is -0.732. The van der Waals surface area contributed by atoms with Crippen LogP contribution in [-0.4, -0.2) is 28.1 Å². The molecule has 94 valence electrons. The predicted molar refractivity (Wildman–Crippen MR) is 66.2 cm³/mol. The van der Waals surface area contributed by atoms with Crippen LogP contribution in [0.3, 0.4) is 0 Å². The van der Waals surface area contributed by atoms with Crippen LogP contribution in [0.15, 0.2) is 12.3 Å². The zero-order chi connectivity index (χ0) is 12.3. The summed E-state index contributed by atoms with van der Waals surface area (Å²) in [5, 5.41) is 13.5. The van der Waals surface area contributed by atoms with Crippen LogP contribution in [-0.2, 0) is 0 Å². The molecule has 1 saturated carbocycles. The highest BCUT2D eigenvalue weighted by atomic mass is 35.5. The summed E-state index contributed by atoms with van der Waals surface area (Å²) in [5.74, 6) is -0.226. The van der Waals surface area contributed by atoms with Crippen molar-refractivity contribution in [1.82, 2.24) is 10.3 Å². The van der Waals surface area contributed by atoms with Gasteiger partial charge in [0.2, 0.25) is 0 Å². The predicted octanol–water partition coefficient (Wildman–Crippen LogP) is 2.09. The van der Waals surface area contributed by atoms with Gasteiger partial charge in [0.25, 0.3) is 5.91 Å². The number of hydrogen-bond donors (Lipinski definition) is 3. The Morgan fingerprint density at radius 1 is 1.47 bits per heavy atom. The molecule has 1 aliphatic carbocycles. The lowest BCUT2D eigenvalue weighted by Gasteiger charge is -2.32. The van der Waals surface area contributed by atoms with E-state index >= 15 is 0 Å². The van der Waals surface area contributed by atoms with Crippen LogP contribution in [0.4, 0.5) is 0 Å². The summed E-state index contributed by atoms with van der Waals surface area (Å²) in [6, 6.07) is 1.57. The van der Waals surface area contributed by atoms with Gasteiger partial charge >= 0.3 is 0 Å². The Kier molecular flexibility index (Phi) is 3.74. The fraction of sp³-hybridized carbons (Fsp3) is 0.583. The molecular weight excluding hydrogens is 240 g/mol. The van der Waals surface area contributed by atoms with Crippen molar-refractivity contribution in [3.8, 4) is 0 Å². The van der Waals surface area contributed by atoms with Gasteiger partial charge in [0.05, 0.1) is 10.6 Å². The first-order valence-corrected chi connectivity index (χ1v) is 6.31. The molecule has 3 N–H and O–H groups in total. The van der Waals surface area contributed by atoms with Crippen molar-refractivity contribution in [2.75, 3.05) is 6.54 Å². The number of aliphatic hydroxyl groups is 1. The zero-order valence-corrected chi connectivity index (χ0v) is 10.4. The van der Waals surface area contributed by atoms with Crippen LogP contribution >= 0.6 is 11.6 Å². The van der Waals surface area contributed by atoms with Gasteiger partial charge in [-0.2, -0.15) is 0 Å². The molecule has 0 unspecified atom stereocenters. The first-order chi connectivity index (χ1) is 8.09. The molecular formula is C12H17ClN2O2. The lowest BCUT2D eigenvalue weighted by Crippen LogP contribution is -2.44.